The number of nitrogens with one attached hydrogen (secondary N) is 1. The summed E-state index contributed by atoms with van der Waals surface area (Å²) in [5, 5.41) is 13.5. The second-order valence-corrected chi connectivity index (χ2v) is 5.33. The van der Waals surface area contributed by atoms with Crippen LogP contribution in [-0.2, 0) is 6.42 Å². The first-order valence-corrected chi connectivity index (χ1v) is 7.37. The molecule has 2 rings (SSSR count). The Hall–Kier alpha value is -1.71. The Morgan fingerprint density at radius 3 is 2.38 bits per heavy atom. The summed E-state index contributed by atoms with van der Waals surface area (Å²) >= 11 is 0. The summed E-state index contributed by atoms with van der Waals surface area (Å²) in [7, 11) is 0. The molecular weight excluding hydrogens is 265 g/mol. The molecular formula is C18H22FNO. The van der Waals surface area contributed by atoms with Gasteiger partial charge in [0.15, 0.2) is 0 Å². The fourth-order valence-corrected chi connectivity index (χ4v) is 2.33. The summed E-state index contributed by atoms with van der Waals surface area (Å²) in [5.74, 6) is -0.283. The van der Waals surface area contributed by atoms with Crippen molar-refractivity contribution in [3.8, 4) is 0 Å². The van der Waals surface area contributed by atoms with Crippen LogP contribution in [0.15, 0.2) is 54.6 Å². The van der Waals surface area contributed by atoms with Gasteiger partial charge in [-0.15, -0.1) is 0 Å². The second kappa shape index (κ2) is 7.91. The highest BCUT2D eigenvalue weighted by atomic mass is 19.1. The van der Waals surface area contributed by atoms with Crippen molar-refractivity contribution in [1.29, 1.82) is 0 Å². The molecule has 0 heterocycles. The molecule has 3 heteroatoms. The molecule has 21 heavy (non-hydrogen) atoms. The van der Waals surface area contributed by atoms with E-state index in [0.717, 1.165) is 24.9 Å². The van der Waals surface area contributed by atoms with E-state index in [1.54, 1.807) is 12.1 Å². The number of aliphatic hydroxyl groups is 1. The average molecular weight is 287 g/mol. The van der Waals surface area contributed by atoms with Crippen LogP contribution in [0.25, 0.3) is 0 Å². The molecule has 0 aromatic heterocycles. The number of halogens is 1. The van der Waals surface area contributed by atoms with Gasteiger partial charge in [0.25, 0.3) is 0 Å². The van der Waals surface area contributed by atoms with Crippen molar-refractivity contribution < 1.29 is 9.50 Å². The maximum absolute atomic E-state index is 12.9. The minimum atomic E-state index is -0.623. The largest absolute Gasteiger partial charge is 0.387 e. The Balaban J connectivity index is 1.74. The van der Waals surface area contributed by atoms with E-state index in [1.165, 1.54) is 17.7 Å². The van der Waals surface area contributed by atoms with Crippen LogP contribution in [0.4, 0.5) is 4.39 Å². The average Bonchev–Trinajstić information content (AvgIpc) is 2.52. The van der Waals surface area contributed by atoms with Gasteiger partial charge in [0, 0.05) is 6.04 Å². The van der Waals surface area contributed by atoms with Crippen LogP contribution in [0.3, 0.4) is 0 Å². The fraction of sp³-hybridized carbons (Fsp3) is 0.333. The molecule has 0 radical (unpaired) electrons. The molecule has 2 nitrogen and oxygen atoms in total. The SMILES string of the molecule is CC(NCCCc1ccccc1)C(O)c1ccc(F)cc1. The molecule has 0 fully saturated rings. The Morgan fingerprint density at radius 2 is 1.71 bits per heavy atom. The number of benzene rings is 2. The van der Waals surface area contributed by atoms with E-state index in [4.69, 9.17) is 0 Å². The van der Waals surface area contributed by atoms with Crippen LogP contribution >= 0.6 is 0 Å². The summed E-state index contributed by atoms with van der Waals surface area (Å²) < 4.78 is 12.9. The number of rotatable bonds is 7. The van der Waals surface area contributed by atoms with Crippen molar-refractivity contribution in [3.63, 3.8) is 0 Å². The van der Waals surface area contributed by atoms with Crippen LogP contribution in [0, 0.1) is 5.82 Å². The lowest BCUT2D eigenvalue weighted by atomic mass is 10.0. The molecule has 2 aromatic carbocycles. The standard InChI is InChI=1S/C18H22FNO/c1-14(18(21)16-9-11-17(19)12-10-16)20-13-5-8-15-6-3-2-4-7-15/h2-4,6-7,9-12,14,18,20-21H,5,8,13H2,1H3. The van der Waals surface area contributed by atoms with E-state index in [1.807, 2.05) is 25.1 Å². The highest BCUT2D eigenvalue weighted by molar-refractivity contribution is 5.19. The number of aryl methyl sites for hydroxylation is 1. The Kier molecular flexibility index (Phi) is 5.90. The highest BCUT2D eigenvalue weighted by Gasteiger charge is 2.15. The van der Waals surface area contributed by atoms with Crippen molar-refractivity contribution >= 4 is 0 Å². The van der Waals surface area contributed by atoms with Gasteiger partial charge in [0.05, 0.1) is 6.10 Å². The van der Waals surface area contributed by atoms with Gasteiger partial charge in [0.2, 0.25) is 0 Å². The van der Waals surface area contributed by atoms with Gasteiger partial charge < -0.3 is 10.4 Å². The Bertz CT molecular complexity index is 527. The van der Waals surface area contributed by atoms with Crippen LogP contribution in [0.1, 0.15) is 30.6 Å². The number of aliphatic hydroxyl groups excluding tert-OH is 1. The first-order valence-electron chi connectivity index (χ1n) is 7.37. The lowest BCUT2D eigenvalue weighted by molar-refractivity contribution is 0.136. The summed E-state index contributed by atoms with van der Waals surface area (Å²) in [6.45, 7) is 2.78. The molecule has 0 spiro atoms. The lowest BCUT2D eigenvalue weighted by Gasteiger charge is -2.20. The molecule has 0 aliphatic rings. The van der Waals surface area contributed by atoms with E-state index in [0.29, 0.717) is 0 Å². The molecule has 0 aliphatic carbocycles. The predicted molar refractivity (Wildman–Crippen MR) is 83.6 cm³/mol. The van der Waals surface area contributed by atoms with Gasteiger partial charge in [-0.25, -0.2) is 4.39 Å². The quantitative estimate of drug-likeness (QED) is 0.764. The fourth-order valence-electron chi connectivity index (χ4n) is 2.33. The normalized spacial score (nSPS) is 13.9. The third-order valence-electron chi connectivity index (χ3n) is 3.64. The van der Waals surface area contributed by atoms with Gasteiger partial charge in [-0.2, -0.15) is 0 Å². The molecule has 0 saturated carbocycles. The van der Waals surface area contributed by atoms with Crippen molar-refractivity contribution in [3.05, 3.63) is 71.5 Å². The zero-order chi connectivity index (χ0) is 15.1. The van der Waals surface area contributed by atoms with Gasteiger partial charge >= 0.3 is 0 Å². The second-order valence-electron chi connectivity index (χ2n) is 5.33. The van der Waals surface area contributed by atoms with Crippen LogP contribution in [0.5, 0.6) is 0 Å². The predicted octanol–water partition coefficient (Wildman–Crippen LogP) is 3.47. The first-order chi connectivity index (χ1) is 10.2. The monoisotopic (exact) mass is 287 g/mol. The van der Waals surface area contributed by atoms with Crippen LogP contribution in [-0.4, -0.2) is 17.7 Å². The van der Waals surface area contributed by atoms with Gasteiger partial charge in [-0.05, 0) is 49.6 Å². The van der Waals surface area contributed by atoms with E-state index in [2.05, 4.69) is 17.4 Å². The van der Waals surface area contributed by atoms with Crippen molar-refractivity contribution in [1.82, 2.24) is 5.32 Å². The smallest absolute Gasteiger partial charge is 0.123 e. The zero-order valence-corrected chi connectivity index (χ0v) is 12.3. The zero-order valence-electron chi connectivity index (χ0n) is 12.3. The van der Waals surface area contributed by atoms with Crippen molar-refractivity contribution in [2.75, 3.05) is 6.54 Å². The third kappa shape index (κ3) is 4.96. The Labute approximate surface area is 125 Å². The number of hydrogen-bond acceptors (Lipinski definition) is 2. The third-order valence-corrected chi connectivity index (χ3v) is 3.64. The van der Waals surface area contributed by atoms with E-state index < -0.39 is 6.10 Å². The molecule has 2 N–H and O–H groups in total. The molecule has 0 aliphatic heterocycles. The van der Waals surface area contributed by atoms with Gasteiger partial charge in [-0.3, -0.25) is 0 Å². The van der Waals surface area contributed by atoms with Crippen molar-refractivity contribution in [2.24, 2.45) is 0 Å². The maximum atomic E-state index is 12.9. The number of hydrogen-bond donors (Lipinski definition) is 2. The van der Waals surface area contributed by atoms with E-state index in [-0.39, 0.29) is 11.9 Å². The molecule has 0 bridgehead atoms. The summed E-state index contributed by atoms with van der Waals surface area (Å²) in [5.41, 5.74) is 2.06. The van der Waals surface area contributed by atoms with E-state index in [9.17, 15) is 9.50 Å². The van der Waals surface area contributed by atoms with Gasteiger partial charge in [0.1, 0.15) is 5.82 Å². The Morgan fingerprint density at radius 1 is 1.05 bits per heavy atom. The van der Waals surface area contributed by atoms with E-state index >= 15 is 0 Å². The first kappa shape index (κ1) is 15.7. The molecule has 112 valence electrons. The molecule has 2 atom stereocenters. The molecule has 2 unspecified atom stereocenters. The highest BCUT2D eigenvalue weighted by Crippen LogP contribution is 2.17. The topological polar surface area (TPSA) is 32.3 Å². The van der Waals surface area contributed by atoms with Gasteiger partial charge in [-0.1, -0.05) is 42.5 Å². The van der Waals surface area contributed by atoms with Crippen molar-refractivity contribution in [2.45, 2.75) is 31.9 Å². The molecule has 0 amide bonds. The summed E-state index contributed by atoms with van der Waals surface area (Å²) in [6.07, 6.45) is 1.42. The summed E-state index contributed by atoms with van der Waals surface area (Å²) in [4.78, 5) is 0. The summed E-state index contributed by atoms with van der Waals surface area (Å²) in [6, 6.07) is 16.3. The maximum Gasteiger partial charge on any atom is 0.123 e. The van der Waals surface area contributed by atoms with Crippen LogP contribution in [0.2, 0.25) is 0 Å². The molecule has 0 saturated heterocycles. The van der Waals surface area contributed by atoms with Crippen LogP contribution < -0.4 is 5.32 Å². The molecule has 2 aromatic rings. The minimum Gasteiger partial charge on any atom is -0.387 e. The lowest BCUT2D eigenvalue weighted by Crippen LogP contribution is -2.33. The minimum absolute atomic E-state index is 0.0637.